The summed E-state index contributed by atoms with van der Waals surface area (Å²) >= 11 is 0. The van der Waals surface area contributed by atoms with Gasteiger partial charge in [-0.2, -0.15) is 0 Å². The Bertz CT molecular complexity index is 339. The Morgan fingerprint density at radius 1 is 1.33 bits per heavy atom. The molecule has 82 valence electrons. The maximum absolute atomic E-state index is 10.2. The standard InChI is InChI=1S/C14H20O/c1-10-6-7-11(2)13(8-10)14(15)9-12-4-3-5-12/h6-8,12,14-15H,3-5,9H2,1-2H3. The second-order valence-corrected chi connectivity index (χ2v) is 4.91. The molecule has 0 saturated heterocycles. The van der Waals surface area contributed by atoms with Crippen molar-refractivity contribution in [1.29, 1.82) is 0 Å². The van der Waals surface area contributed by atoms with E-state index in [0.29, 0.717) is 0 Å². The van der Waals surface area contributed by atoms with E-state index in [2.05, 4.69) is 32.0 Å². The van der Waals surface area contributed by atoms with E-state index < -0.39 is 0 Å². The predicted molar refractivity (Wildman–Crippen MR) is 62.8 cm³/mol. The fourth-order valence-corrected chi connectivity index (χ4v) is 2.29. The van der Waals surface area contributed by atoms with Crippen molar-refractivity contribution in [1.82, 2.24) is 0 Å². The van der Waals surface area contributed by atoms with Crippen molar-refractivity contribution >= 4 is 0 Å². The van der Waals surface area contributed by atoms with Crippen LogP contribution < -0.4 is 0 Å². The first-order valence-electron chi connectivity index (χ1n) is 5.92. The number of aliphatic hydroxyl groups is 1. The minimum Gasteiger partial charge on any atom is -0.388 e. The Morgan fingerprint density at radius 3 is 2.67 bits per heavy atom. The lowest BCUT2D eigenvalue weighted by Crippen LogP contribution is -2.15. The van der Waals surface area contributed by atoms with Crippen LogP contribution in [0.3, 0.4) is 0 Å². The highest BCUT2D eigenvalue weighted by Gasteiger charge is 2.22. The van der Waals surface area contributed by atoms with E-state index in [0.717, 1.165) is 17.9 Å². The van der Waals surface area contributed by atoms with Gasteiger partial charge in [-0.3, -0.25) is 0 Å². The number of aliphatic hydroxyl groups excluding tert-OH is 1. The Hall–Kier alpha value is -0.820. The largest absolute Gasteiger partial charge is 0.388 e. The van der Waals surface area contributed by atoms with Gasteiger partial charge < -0.3 is 5.11 Å². The molecule has 1 aromatic carbocycles. The zero-order valence-corrected chi connectivity index (χ0v) is 9.66. The van der Waals surface area contributed by atoms with Crippen LogP contribution in [-0.2, 0) is 0 Å². The van der Waals surface area contributed by atoms with Gasteiger partial charge in [0.1, 0.15) is 0 Å². The van der Waals surface area contributed by atoms with Crippen LogP contribution in [-0.4, -0.2) is 5.11 Å². The van der Waals surface area contributed by atoms with Gasteiger partial charge in [-0.1, -0.05) is 43.0 Å². The highest BCUT2D eigenvalue weighted by Crippen LogP contribution is 2.35. The fraction of sp³-hybridized carbons (Fsp3) is 0.571. The van der Waals surface area contributed by atoms with Crippen LogP contribution in [0.15, 0.2) is 18.2 Å². The molecule has 2 rings (SSSR count). The highest BCUT2D eigenvalue weighted by molar-refractivity contribution is 5.32. The van der Waals surface area contributed by atoms with E-state index in [1.165, 1.54) is 30.4 Å². The molecule has 15 heavy (non-hydrogen) atoms. The summed E-state index contributed by atoms with van der Waals surface area (Å²) in [5.41, 5.74) is 3.58. The van der Waals surface area contributed by atoms with Gasteiger partial charge in [0, 0.05) is 0 Å². The molecule has 0 spiro atoms. The average Bonchev–Trinajstić information content (AvgIpc) is 2.15. The SMILES string of the molecule is Cc1ccc(C)c(C(O)CC2CCC2)c1. The van der Waals surface area contributed by atoms with Gasteiger partial charge in [0.25, 0.3) is 0 Å². The summed E-state index contributed by atoms with van der Waals surface area (Å²) in [7, 11) is 0. The molecular weight excluding hydrogens is 184 g/mol. The summed E-state index contributed by atoms with van der Waals surface area (Å²) in [5, 5.41) is 10.2. The van der Waals surface area contributed by atoms with E-state index in [4.69, 9.17) is 0 Å². The van der Waals surface area contributed by atoms with Crippen LogP contribution in [0.4, 0.5) is 0 Å². The normalized spacial score (nSPS) is 18.6. The van der Waals surface area contributed by atoms with Crippen LogP contribution in [0.1, 0.15) is 48.5 Å². The highest BCUT2D eigenvalue weighted by atomic mass is 16.3. The molecule has 1 aromatic rings. The van der Waals surface area contributed by atoms with E-state index in [1.807, 2.05) is 0 Å². The number of hydrogen-bond acceptors (Lipinski definition) is 1. The molecule has 1 fully saturated rings. The second-order valence-electron chi connectivity index (χ2n) is 4.91. The van der Waals surface area contributed by atoms with Crippen LogP contribution in [0.25, 0.3) is 0 Å². The Balaban J connectivity index is 2.09. The molecule has 0 radical (unpaired) electrons. The van der Waals surface area contributed by atoms with Crippen molar-refractivity contribution in [3.63, 3.8) is 0 Å². The second kappa shape index (κ2) is 4.36. The third-order valence-corrected chi connectivity index (χ3v) is 3.58. The number of aryl methyl sites for hydroxylation is 2. The van der Waals surface area contributed by atoms with E-state index >= 15 is 0 Å². The minimum atomic E-state index is -0.254. The van der Waals surface area contributed by atoms with Crippen molar-refractivity contribution in [2.24, 2.45) is 5.92 Å². The van der Waals surface area contributed by atoms with Crippen molar-refractivity contribution in [2.75, 3.05) is 0 Å². The smallest absolute Gasteiger partial charge is 0.0795 e. The quantitative estimate of drug-likeness (QED) is 0.798. The molecule has 1 N–H and O–H groups in total. The first-order chi connectivity index (χ1) is 7.16. The Kier molecular flexibility index (Phi) is 3.11. The van der Waals surface area contributed by atoms with Crippen molar-refractivity contribution in [3.05, 3.63) is 34.9 Å². The summed E-state index contributed by atoms with van der Waals surface area (Å²) in [6, 6.07) is 6.34. The summed E-state index contributed by atoms with van der Waals surface area (Å²) < 4.78 is 0. The monoisotopic (exact) mass is 204 g/mol. The number of benzene rings is 1. The molecule has 1 heteroatoms. The Morgan fingerprint density at radius 2 is 2.07 bits per heavy atom. The molecule has 1 aliphatic carbocycles. The van der Waals surface area contributed by atoms with Gasteiger partial charge in [-0.05, 0) is 37.3 Å². The summed E-state index contributed by atoms with van der Waals surface area (Å²) in [6.45, 7) is 4.16. The van der Waals surface area contributed by atoms with Crippen LogP contribution in [0.5, 0.6) is 0 Å². The van der Waals surface area contributed by atoms with Gasteiger partial charge >= 0.3 is 0 Å². The van der Waals surface area contributed by atoms with Gasteiger partial charge in [0.05, 0.1) is 6.10 Å². The molecule has 0 aromatic heterocycles. The van der Waals surface area contributed by atoms with E-state index in [9.17, 15) is 5.11 Å². The van der Waals surface area contributed by atoms with Crippen LogP contribution >= 0.6 is 0 Å². The van der Waals surface area contributed by atoms with Gasteiger partial charge in [0.15, 0.2) is 0 Å². The number of hydrogen-bond donors (Lipinski definition) is 1. The first-order valence-corrected chi connectivity index (χ1v) is 5.92. The molecule has 0 heterocycles. The molecule has 1 unspecified atom stereocenters. The van der Waals surface area contributed by atoms with Gasteiger partial charge in [0.2, 0.25) is 0 Å². The van der Waals surface area contributed by atoms with Crippen molar-refractivity contribution in [2.45, 2.75) is 45.6 Å². The molecule has 0 amide bonds. The zero-order chi connectivity index (χ0) is 10.8. The average molecular weight is 204 g/mol. The molecule has 1 atom stereocenters. The molecule has 0 bridgehead atoms. The summed E-state index contributed by atoms with van der Waals surface area (Å²) in [5.74, 6) is 0.764. The Labute approximate surface area is 92.1 Å². The summed E-state index contributed by atoms with van der Waals surface area (Å²) in [4.78, 5) is 0. The van der Waals surface area contributed by atoms with Crippen molar-refractivity contribution < 1.29 is 5.11 Å². The molecule has 1 saturated carbocycles. The molecular formula is C14H20O. The zero-order valence-electron chi connectivity index (χ0n) is 9.66. The molecule has 1 aliphatic rings. The molecule has 0 aliphatic heterocycles. The van der Waals surface area contributed by atoms with Crippen molar-refractivity contribution in [3.8, 4) is 0 Å². The van der Waals surface area contributed by atoms with Crippen LogP contribution in [0, 0.1) is 19.8 Å². The first kappa shape index (κ1) is 10.7. The maximum Gasteiger partial charge on any atom is 0.0795 e. The van der Waals surface area contributed by atoms with E-state index in [-0.39, 0.29) is 6.10 Å². The minimum absolute atomic E-state index is 0.254. The van der Waals surface area contributed by atoms with Crippen LogP contribution in [0.2, 0.25) is 0 Å². The molecule has 1 nitrogen and oxygen atoms in total. The predicted octanol–water partition coefficient (Wildman–Crippen LogP) is 3.53. The lowest BCUT2D eigenvalue weighted by atomic mass is 9.80. The van der Waals surface area contributed by atoms with Gasteiger partial charge in [-0.25, -0.2) is 0 Å². The lowest BCUT2D eigenvalue weighted by Gasteiger charge is -2.28. The third-order valence-electron chi connectivity index (χ3n) is 3.58. The number of rotatable bonds is 3. The van der Waals surface area contributed by atoms with Gasteiger partial charge in [-0.15, -0.1) is 0 Å². The topological polar surface area (TPSA) is 20.2 Å². The maximum atomic E-state index is 10.2. The fourth-order valence-electron chi connectivity index (χ4n) is 2.29. The third kappa shape index (κ3) is 2.40. The van der Waals surface area contributed by atoms with E-state index in [1.54, 1.807) is 0 Å². The summed E-state index contributed by atoms with van der Waals surface area (Å²) in [6.07, 6.45) is 4.66. The lowest BCUT2D eigenvalue weighted by molar-refractivity contribution is 0.118.